The molecular formula is C12H19IN2O. The van der Waals surface area contributed by atoms with E-state index >= 15 is 0 Å². The van der Waals surface area contributed by atoms with E-state index in [0.29, 0.717) is 0 Å². The molecule has 0 aliphatic rings. The van der Waals surface area contributed by atoms with Gasteiger partial charge in [-0.2, -0.15) is 0 Å². The van der Waals surface area contributed by atoms with Crippen molar-refractivity contribution in [2.75, 3.05) is 27.7 Å². The summed E-state index contributed by atoms with van der Waals surface area (Å²) in [6.07, 6.45) is 0.782. The van der Waals surface area contributed by atoms with E-state index in [-0.39, 0.29) is 24.0 Å². The molecule has 0 unspecified atom stereocenters. The second kappa shape index (κ2) is 6.85. The van der Waals surface area contributed by atoms with Crippen molar-refractivity contribution in [1.29, 1.82) is 0 Å². The highest BCUT2D eigenvalue weighted by Crippen LogP contribution is 2.06. The molecule has 1 aromatic rings. The molecule has 1 aromatic carbocycles. The first-order chi connectivity index (χ1) is 7.03. The van der Waals surface area contributed by atoms with Crippen LogP contribution in [0.25, 0.3) is 0 Å². The molecule has 0 fully saturated rings. The third-order valence-corrected chi connectivity index (χ3v) is 2.25. The van der Waals surface area contributed by atoms with Crippen LogP contribution in [0.1, 0.15) is 12.0 Å². The molecule has 90 valence electrons. The van der Waals surface area contributed by atoms with Crippen molar-refractivity contribution in [3.8, 4) is 0 Å². The standard InChI is InChI=1S/C12H18N2O.HI/c1-14(2,3)10-9-12(13-15)11-7-5-4-6-8-11;/h4-8H,9-10H2,1-3H3;1H/b13-12-;. The summed E-state index contributed by atoms with van der Waals surface area (Å²) in [4.78, 5) is 0. The Balaban J connectivity index is 0.00000225. The lowest BCUT2D eigenvalue weighted by Crippen LogP contribution is -3.00. The molecular weight excluding hydrogens is 315 g/mol. The van der Waals surface area contributed by atoms with Crippen LogP contribution in [-0.2, 0) is 0 Å². The summed E-state index contributed by atoms with van der Waals surface area (Å²) in [6.45, 7) is 0.953. The van der Waals surface area contributed by atoms with Gasteiger partial charge in [0.15, 0.2) is 0 Å². The quantitative estimate of drug-likeness (QED) is 0.247. The highest BCUT2D eigenvalue weighted by atomic mass is 127. The van der Waals surface area contributed by atoms with Gasteiger partial charge in [-0.25, -0.2) is 0 Å². The third kappa shape index (κ3) is 5.46. The van der Waals surface area contributed by atoms with Crippen LogP contribution in [0.3, 0.4) is 0 Å². The van der Waals surface area contributed by atoms with E-state index in [2.05, 4.69) is 26.3 Å². The first-order valence-corrected chi connectivity index (χ1v) is 5.10. The van der Waals surface area contributed by atoms with Crippen LogP contribution in [0.5, 0.6) is 0 Å². The molecule has 1 N–H and O–H groups in total. The van der Waals surface area contributed by atoms with E-state index < -0.39 is 0 Å². The van der Waals surface area contributed by atoms with Gasteiger partial charge in [-0.3, -0.25) is 0 Å². The second-order valence-corrected chi connectivity index (χ2v) is 4.68. The average Bonchev–Trinajstić information content (AvgIpc) is 2.19. The topological polar surface area (TPSA) is 32.6 Å². The number of nitrogens with zero attached hydrogens (tertiary/aromatic N) is 2. The van der Waals surface area contributed by atoms with Crippen LogP contribution < -0.4 is 24.0 Å². The maximum atomic E-state index is 8.96. The molecule has 0 radical (unpaired) electrons. The minimum Gasteiger partial charge on any atom is -1.00 e. The molecule has 0 atom stereocenters. The van der Waals surface area contributed by atoms with Gasteiger partial charge < -0.3 is 33.7 Å². The van der Waals surface area contributed by atoms with Crippen LogP contribution in [0.4, 0.5) is 0 Å². The first-order valence-electron chi connectivity index (χ1n) is 5.10. The molecule has 0 bridgehead atoms. The molecule has 0 aliphatic heterocycles. The summed E-state index contributed by atoms with van der Waals surface area (Å²) in [5, 5.41) is 12.3. The molecule has 0 heterocycles. The maximum Gasteiger partial charge on any atom is 0.0923 e. The van der Waals surface area contributed by atoms with E-state index in [0.717, 1.165) is 28.7 Å². The van der Waals surface area contributed by atoms with Gasteiger partial charge in [-0.05, 0) is 5.56 Å². The number of hydrogen-bond acceptors (Lipinski definition) is 2. The Kier molecular flexibility index (Phi) is 6.59. The van der Waals surface area contributed by atoms with Crippen molar-refractivity contribution in [1.82, 2.24) is 0 Å². The zero-order chi connectivity index (χ0) is 11.3. The van der Waals surface area contributed by atoms with Gasteiger partial charge in [0.1, 0.15) is 0 Å². The SMILES string of the molecule is C[N+](C)(C)CC/C(=N/O)c1ccccc1.[I-]. The van der Waals surface area contributed by atoms with E-state index in [1.807, 2.05) is 30.3 Å². The first kappa shape index (κ1) is 15.4. The van der Waals surface area contributed by atoms with E-state index in [1.165, 1.54) is 0 Å². The van der Waals surface area contributed by atoms with E-state index in [9.17, 15) is 0 Å². The number of rotatable bonds is 4. The van der Waals surface area contributed by atoms with Gasteiger partial charge in [-0.15, -0.1) is 0 Å². The van der Waals surface area contributed by atoms with Crippen LogP contribution in [0, 0.1) is 0 Å². The zero-order valence-electron chi connectivity index (χ0n) is 10.0. The Labute approximate surface area is 114 Å². The Hall–Kier alpha value is -0.620. The predicted octanol–water partition coefficient (Wildman–Crippen LogP) is -1.03. The van der Waals surface area contributed by atoms with Crippen molar-refractivity contribution in [3.63, 3.8) is 0 Å². The fourth-order valence-corrected chi connectivity index (χ4v) is 1.32. The van der Waals surface area contributed by atoms with Crippen molar-refractivity contribution in [2.24, 2.45) is 5.16 Å². The van der Waals surface area contributed by atoms with Gasteiger partial charge in [0, 0.05) is 6.42 Å². The van der Waals surface area contributed by atoms with Crippen molar-refractivity contribution >= 4 is 5.71 Å². The second-order valence-electron chi connectivity index (χ2n) is 4.68. The van der Waals surface area contributed by atoms with Crippen molar-refractivity contribution in [2.45, 2.75) is 6.42 Å². The van der Waals surface area contributed by atoms with Crippen molar-refractivity contribution in [3.05, 3.63) is 35.9 Å². The molecule has 1 rings (SSSR count). The summed E-state index contributed by atoms with van der Waals surface area (Å²) in [7, 11) is 6.37. The molecule has 0 aromatic heterocycles. The van der Waals surface area contributed by atoms with Gasteiger partial charge in [0.2, 0.25) is 0 Å². The monoisotopic (exact) mass is 334 g/mol. The fourth-order valence-electron chi connectivity index (χ4n) is 1.32. The molecule has 0 saturated heterocycles. The number of benzene rings is 1. The normalized spacial score (nSPS) is 12.1. The molecule has 4 heteroatoms. The number of hydrogen-bond donors (Lipinski definition) is 1. The van der Waals surface area contributed by atoms with Gasteiger partial charge in [0.25, 0.3) is 0 Å². The minimum atomic E-state index is 0. The summed E-state index contributed by atoms with van der Waals surface area (Å²) in [5.74, 6) is 0. The summed E-state index contributed by atoms with van der Waals surface area (Å²) in [5.41, 5.74) is 1.75. The highest BCUT2D eigenvalue weighted by molar-refractivity contribution is 6.00. The van der Waals surface area contributed by atoms with Gasteiger partial charge >= 0.3 is 0 Å². The third-order valence-electron chi connectivity index (χ3n) is 2.25. The molecule has 0 saturated carbocycles. The molecule has 0 aliphatic carbocycles. The van der Waals surface area contributed by atoms with Crippen LogP contribution in [0.2, 0.25) is 0 Å². The highest BCUT2D eigenvalue weighted by Gasteiger charge is 2.11. The smallest absolute Gasteiger partial charge is 0.0923 e. The number of halogens is 1. The summed E-state index contributed by atoms with van der Waals surface area (Å²) in [6, 6.07) is 9.78. The Bertz CT molecular complexity index is 331. The van der Waals surface area contributed by atoms with E-state index in [1.54, 1.807) is 0 Å². The van der Waals surface area contributed by atoms with Crippen LogP contribution >= 0.6 is 0 Å². The Morgan fingerprint density at radius 1 is 1.19 bits per heavy atom. The predicted molar refractivity (Wildman–Crippen MR) is 62.3 cm³/mol. The molecule has 16 heavy (non-hydrogen) atoms. The molecule has 0 amide bonds. The van der Waals surface area contributed by atoms with Crippen LogP contribution in [-0.4, -0.2) is 43.1 Å². The van der Waals surface area contributed by atoms with Crippen molar-refractivity contribution < 1.29 is 33.7 Å². The lowest BCUT2D eigenvalue weighted by Gasteiger charge is -2.23. The molecule has 3 nitrogen and oxygen atoms in total. The lowest BCUT2D eigenvalue weighted by atomic mass is 10.1. The molecule has 0 spiro atoms. The van der Waals surface area contributed by atoms with E-state index in [4.69, 9.17) is 5.21 Å². The lowest BCUT2D eigenvalue weighted by molar-refractivity contribution is -0.869. The van der Waals surface area contributed by atoms with Gasteiger partial charge in [-0.1, -0.05) is 35.5 Å². The fraction of sp³-hybridized carbons (Fsp3) is 0.417. The summed E-state index contributed by atoms with van der Waals surface area (Å²) < 4.78 is 0.867. The van der Waals surface area contributed by atoms with Crippen LogP contribution in [0.15, 0.2) is 35.5 Å². The average molecular weight is 334 g/mol. The Morgan fingerprint density at radius 3 is 2.19 bits per heavy atom. The minimum absolute atomic E-state index is 0. The number of oxime groups is 1. The summed E-state index contributed by atoms with van der Waals surface area (Å²) >= 11 is 0. The number of quaternary nitrogens is 1. The zero-order valence-corrected chi connectivity index (χ0v) is 12.2. The largest absolute Gasteiger partial charge is 1.00 e. The van der Waals surface area contributed by atoms with Gasteiger partial charge in [0.05, 0.1) is 33.4 Å². The Morgan fingerprint density at radius 2 is 1.75 bits per heavy atom. The maximum absolute atomic E-state index is 8.96.